The Morgan fingerprint density at radius 2 is 1.70 bits per heavy atom. The van der Waals surface area contributed by atoms with Crippen LogP contribution in [-0.4, -0.2) is 77.6 Å². The SMILES string of the molecule is Cc1ccc(CN2CCC([C@H](c3cccc(F)c3)N3CCN(C4(C)CCNCC4)C[C@@H]3C)CC2)cc1.O. The first-order valence-corrected chi connectivity index (χ1v) is 14.2. The summed E-state index contributed by atoms with van der Waals surface area (Å²) < 4.78 is 14.4. The van der Waals surface area contributed by atoms with Gasteiger partial charge in [-0.1, -0.05) is 42.0 Å². The average molecular weight is 511 g/mol. The summed E-state index contributed by atoms with van der Waals surface area (Å²) in [6.07, 6.45) is 4.80. The first kappa shape index (κ1) is 28.2. The fraction of sp³-hybridized carbons (Fsp3) is 0.613. The van der Waals surface area contributed by atoms with Gasteiger partial charge in [0.05, 0.1) is 0 Å². The highest BCUT2D eigenvalue weighted by molar-refractivity contribution is 5.23. The van der Waals surface area contributed by atoms with Crippen LogP contribution in [0.25, 0.3) is 0 Å². The second-order valence-corrected chi connectivity index (χ2v) is 11.9. The number of likely N-dealkylation sites (tertiary alicyclic amines) is 1. The highest BCUT2D eigenvalue weighted by Gasteiger charge is 2.41. The summed E-state index contributed by atoms with van der Waals surface area (Å²) in [5.74, 6) is 0.451. The van der Waals surface area contributed by atoms with E-state index >= 15 is 0 Å². The van der Waals surface area contributed by atoms with Gasteiger partial charge in [-0.25, -0.2) is 4.39 Å². The number of benzene rings is 2. The van der Waals surface area contributed by atoms with Crippen LogP contribution in [0.2, 0.25) is 0 Å². The van der Waals surface area contributed by atoms with Crippen LogP contribution < -0.4 is 5.32 Å². The Bertz CT molecular complexity index is 985. The summed E-state index contributed by atoms with van der Waals surface area (Å²) in [4.78, 5) is 8.07. The Hall–Kier alpha value is -1.83. The maximum absolute atomic E-state index is 14.4. The van der Waals surface area contributed by atoms with Crippen LogP contribution in [0.15, 0.2) is 48.5 Å². The van der Waals surface area contributed by atoms with Gasteiger partial charge in [0.25, 0.3) is 0 Å². The van der Waals surface area contributed by atoms with Gasteiger partial charge in [-0.05, 0) is 102 Å². The number of rotatable bonds is 6. The van der Waals surface area contributed by atoms with Crippen molar-refractivity contribution in [1.82, 2.24) is 20.0 Å². The number of nitrogens with zero attached hydrogens (tertiary/aromatic N) is 3. The quantitative estimate of drug-likeness (QED) is 0.626. The van der Waals surface area contributed by atoms with Crippen molar-refractivity contribution < 1.29 is 9.87 Å². The van der Waals surface area contributed by atoms with E-state index in [1.165, 1.54) is 42.4 Å². The van der Waals surface area contributed by atoms with Crippen molar-refractivity contribution in [3.05, 3.63) is 71.0 Å². The third-order valence-corrected chi connectivity index (χ3v) is 9.28. The number of hydrogen-bond acceptors (Lipinski definition) is 4. The predicted octanol–water partition coefficient (Wildman–Crippen LogP) is 4.41. The molecule has 5 nitrogen and oxygen atoms in total. The second-order valence-electron chi connectivity index (χ2n) is 11.9. The summed E-state index contributed by atoms with van der Waals surface area (Å²) in [6.45, 7) is 15.8. The molecule has 0 spiro atoms. The smallest absolute Gasteiger partial charge is 0.123 e. The molecule has 3 saturated heterocycles. The predicted molar refractivity (Wildman–Crippen MR) is 150 cm³/mol. The monoisotopic (exact) mass is 510 g/mol. The minimum absolute atomic E-state index is 0. The number of halogens is 1. The van der Waals surface area contributed by atoms with Crippen LogP contribution in [0.1, 0.15) is 62.3 Å². The third-order valence-electron chi connectivity index (χ3n) is 9.28. The Morgan fingerprint density at radius 3 is 2.35 bits per heavy atom. The fourth-order valence-electron chi connectivity index (χ4n) is 6.96. The van der Waals surface area contributed by atoms with Crippen LogP contribution in [0.4, 0.5) is 4.39 Å². The van der Waals surface area contributed by atoms with Crippen molar-refractivity contribution in [3.8, 4) is 0 Å². The van der Waals surface area contributed by atoms with Crippen molar-refractivity contribution in [2.45, 2.75) is 70.6 Å². The molecule has 204 valence electrons. The molecule has 3 aliphatic heterocycles. The summed E-state index contributed by atoms with van der Waals surface area (Å²) in [5, 5.41) is 3.53. The molecule has 0 saturated carbocycles. The molecule has 5 rings (SSSR count). The molecule has 3 fully saturated rings. The van der Waals surface area contributed by atoms with Crippen LogP contribution in [0.3, 0.4) is 0 Å². The van der Waals surface area contributed by atoms with Gasteiger partial charge in [-0.2, -0.15) is 0 Å². The molecule has 0 amide bonds. The van der Waals surface area contributed by atoms with Gasteiger partial charge in [0, 0.05) is 43.8 Å². The molecule has 0 radical (unpaired) electrons. The van der Waals surface area contributed by atoms with Crippen molar-refractivity contribution in [3.63, 3.8) is 0 Å². The number of nitrogens with one attached hydrogen (secondary N) is 1. The van der Waals surface area contributed by atoms with E-state index in [9.17, 15) is 4.39 Å². The normalized spacial score (nSPS) is 24.9. The van der Waals surface area contributed by atoms with E-state index in [-0.39, 0.29) is 11.3 Å². The summed E-state index contributed by atoms with van der Waals surface area (Å²) in [6, 6.07) is 17.2. The van der Waals surface area contributed by atoms with Crippen LogP contribution in [-0.2, 0) is 6.54 Å². The largest absolute Gasteiger partial charge is 0.412 e. The fourth-order valence-corrected chi connectivity index (χ4v) is 6.96. The van der Waals surface area contributed by atoms with E-state index in [4.69, 9.17) is 0 Å². The zero-order valence-corrected chi connectivity index (χ0v) is 23.1. The van der Waals surface area contributed by atoms with Crippen LogP contribution >= 0.6 is 0 Å². The second kappa shape index (κ2) is 12.4. The number of hydrogen-bond donors (Lipinski definition) is 1. The Kier molecular flexibility index (Phi) is 9.41. The molecule has 0 aromatic heterocycles. The van der Waals surface area contributed by atoms with Gasteiger partial charge in [-0.15, -0.1) is 0 Å². The first-order chi connectivity index (χ1) is 17.4. The molecule has 37 heavy (non-hydrogen) atoms. The number of aryl methyl sites for hydroxylation is 1. The van der Waals surface area contributed by atoms with Crippen LogP contribution in [0, 0.1) is 18.7 Å². The molecule has 2 aromatic carbocycles. The van der Waals surface area contributed by atoms with Crippen molar-refractivity contribution in [2.24, 2.45) is 5.92 Å². The van der Waals surface area contributed by atoms with E-state index in [0.29, 0.717) is 23.5 Å². The lowest BCUT2D eigenvalue weighted by Crippen LogP contribution is -2.62. The standard InChI is InChI=1S/C31H45FN4.H2O/c1-24-7-9-26(10-8-24)23-34-17-11-27(12-18-34)30(28-5-4-6-29(32)21-28)36-20-19-35(22-25(36)2)31(3)13-15-33-16-14-31;/h4-10,21,25,27,30,33H,11-20,22-23H2,1-3H3;1H2/t25-,30+;/m0./s1. The van der Waals surface area contributed by atoms with E-state index in [1.807, 2.05) is 6.07 Å². The Labute approximate surface area is 223 Å². The lowest BCUT2D eigenvalue weighted by Gasteiger charge is -2.53. The summed E-state index contributed by atoms with van der Waals surface area (Å²) in [7, 11) is 0. The molecule has 0 aliphatic carbocycles. The average Bonchev–Trinajstić information content (AvgIpc) is 2.88. The molecular formula is C31H47FN4O. The van der Waals surface area contributed by atoms with Crippen molar-refractivity contribution in [2.75, 3.05) is 45.8 Å². The molecule has 0 unspecified atom stereocenters. The van der Waals surface area contributed by atoms with Crippen LogP contribution in [0.5, 0.6) is 0 Å². The van der Waals surface area contributed by atoms with Gasteiger partial charge in [0.1, 0.15) is 5.82 Å². The maximum atomic E-state index is 14.4. The Balaban J connectivity index is 0.00000320. The zero-order valence-electron chi connectivity index (χ0n) is 23.1. The highest BCUT2D eigenvalue weighted by Crippen LogP contribution is 2.39. The van der Waals surface area contributed by atoms with Crippen molar-refractivity contribution in [1.29, 1.82) is 0 Å². The molecule has 6 heteroatoms. The van der Waals surface area contributed by atoms with Gasteiger partial charge >= 0.3 is 0 Å². The number of piperazine rings is 1. The molecule has 3 aliphatic rings. The maximum Gasteiger partial charge on any atom is 0.123 e. The molecule has 0 bridgehead atoms. The van der Waals surface area contributed by atoms with Gasteiger partial charge in [-0.3, -0.25) is 14.7 Å². The minimum Gasteiger partial charge on any atom is -0.412 e. The molecule has 3 N–H and O–H groups in total. The highest BCUT2D eigenvalue weighted by atomic mass is 19.1. The Morgan fingerprint density at radius 1 is 1.00 bits per heavy atom. The van der Waals surface area contributed by atoms with E-state index in [2.05, 4.69) is 71.1 Å². The topological polar surface area (TPSA) is 53.2 Å². The molecule has 2 atom stereocenters. The zero-order chi connectivity index (χ0) is 25.1. The first-order valence-electron chi connectivity index (χ1n) is 14.2. The van der Waals surface area contributed by atoms with Crippen molar-refractivity contribution >= 4 is 0 Å². The molecule has 3 heterocycles. The minimum atomic E-state index is -0.109. The van der Waals surface area contributed by atoms with Gasteiger partial charge < -0.3 is 10.8 Å². The van der Waals surface area contributed by atoms with E-state index < -0.39 is 0 Å². The summed E-state index contributed by atoms with van der Waals surface area (Å²) >= 11 is 0. The van der Waals surface area contributed by atoms with Gasteiger partial charge in [0.15, 0.2) is 0 Å². The lowest BCUT2D eigenvalue weighted by atomic mass is 9.82. The lowest BCUT2D eigenvalue weighted by molar-refractivity contribution is -0.0360. The summed E-state index contributed by atoms with van der Waals surface area (Å²) in [5.41, 5.74) is 4.19. The molecule has 2 aromatic rings. The van der Waals surface area contributed by atoms with Gasteiger partial charge in [0.2, 0.25) is 0 Å². The number of piperidine rings is 2. The molecular weight excluding hydrogens is 463 g/mol. The van der Waals surface area contributed by atoms with E-state index in [1.54, 1.807) is 12.1 Å². The van der Waals surface area contributed by atoms with E-state index in [0.717, 1.165) is 52.4 Å². The third kappa shape index (κ3) is 6.61.